The summed E-state index contributed by atoms with van der Waals surface area (Å²) in [5.41, 5.74) is 0. The highest BCUT2D eigenvalue weighted by Crippen LogP contribution is 2.31. The van der Waals surface area contributed by atoms with Crippen molar-refractivity contribution in [2.75, 3.05) is 19.4 Å². The molecular formula is C3H10NO4P. The Morgan fingerprint density at radius 1 is 1.44 bits per heavy atom. The van der Waals surface area contributed by atoms with Crippen molar-refractivity contribution < 1.29 is 19.5 Å². The van der Waals surface area contributed by atoms with Crippen LogP contribution in [0.15, 0.2) is 0 Å². The van der Waals surface area contributed by atoms with Gasteiger partial charge in [-0.2, -0.15) is 0 Å². The molecule has 0 amide bonds. The van der Waals surface area contributed by atoms with Crippen LogP contribution in [0.25, 0.3) is 0 Å². The predicted octanol–water partition coefficient (Wildman–Crippen LogP) is -1.30. The first-order chi connectivity index (χ1) is 4.06. The van der Waals surface area contributed by atoms with Gasteiger partial charge in [0.1, 0.15) is 0 Å². The lowest BCUT2D eigenvalue weighted by molar-refractivity contribution is 0.292. The van der Waals surface area contributed by atoms with Crippen molar-refractivity contribution in [1.82, 2.24) is 5.32 Å². The minimum Gasteiger partial charge on any atom is -0.395 e. The zero-order valence-corrected chi connectivity index (χ0v) is 5.71. The zero-order valence-electron chi connectivity index (χ0n) is 4.82. The van der Waals surface area contributed by atoms with Gasteiger partial charge >= 0.3 is 7.60 Å². The fourth-order valence-corrected chi connectivity index (χ4v) is 0.753. The van der Waals surface area contributed by atoms with E-state index in [-0.39, 0.29) is 19.4 Å². The average Bonchev–Trinajstić information content (AvgIpc) is 1.63. The van der Waals surface area contributed by atoms with E-state index in [4.69, 9.17) is 14.9 Å². The highest BCUT2D eigenvalue weighted by Gasteiger charge is 2.09. The second kappa shape index (κ2) is 3.98. The number of nitrogens with one attached hydrogen (secondary N) is 1. The summed E-state index contributed by atoms with van der Waals surface area (Å²) < 4.78 is 10.1. The molecular weight excluding hydrogens is 145 g/mol. The second-order valence-electron chi connectivity index (χ2n) is 1.55. The molecule has 0 spiro atoms. The molecule has 0 aromatic heterocycles. The maximum absolute atomic E-state index is 10.1. The summed E-state index contributed by atoms with van der Waals surface area (Å²) in [6, 6.07) is 0. The SMILES string of the molecule is O=P(O)(O)CNCCO. The molecule has 0 aromatic rings. The number of aliphatic hydroxyl groups excluding tert-OH is 1. The number of rotatable bonds is 4. The van der Waals surface area contributed by atoms with Gasteiger partial charge in [0.2, 0.25) is 0 Å². The summed E-state index contributed by atoms with van der Waals surface area (Å²) >= 11 is 0. The average molecular weight is 155 g/mol. The topological polar surface area (TPSA) is 89.8 Å². The van der Waals surface area contributed by atoms with Gasteiger partial charge in [0.05, 0.1) is 12.9 Å². The fourth-order valence-electron chi connectivity index (χ4n) is 0.304. The van der Waals surface area contributed by atoms with E-state index in [1.165, 1.54) is 0 Å². The first-order valence-electron chi connectivity index (χ1n) is 2.42. The quantitative estimate of drug-likeness (QED) is 0.299. The minimum atomic E-state index is -3.92. The molecule has 0 heterocycles. The van der Waals surface area contributed by atoms with Crippen molar-refractivity contribution in [3.63, 3.8) is 0 Å². The van der Waals surface area contributed by atoms with E-state index in [0.29, 0.717) is 0 Å². The molecule has 0 aliphatic heterocycles. The van der Waals surface area contributed by atoms with Crippen LogP contribution in [0.2, 0.25) is 0 Å². The van der Waals surface area contributed by atoms with Crippen LogP contribution < -0.4 is 5.32 Å². The van der Waals surface area contributed by atoms with Crippen molar-refractivity contribution in [2.24, 2.45) is 0 Å². The third kappa shape index (κ3) is 8.07. The van der Waals surface area contributed by atoms with Gasteiger partial charge in [-0.05, 0) is 0 Å². The molecule has 9 heavy (non-hydrogen) atoms. The molecule has 0 aliphatic carbocycles. The Bertz CT molecular complexity index is 110. The summed E-state index contributed by atoms with van der Waals surface area (Å²) in [7, 11) is -3.92. The van der Waals surface area contributed by atoms with Gasteiger partial charge < -0.3 is 20.2 Å². The number of aliphatic hydroxyl groups is 1. The molecule has 0 saturated heterocycles. The van der Waals surface area contributed by atoms with E-state index in [9.17, 15) is 4.57 Å². The molecule has 0 saturated carbocycles. The van der Waals surface area contributed by atoms with Crippen LogP contribution in [0.3, 0.4) is 0 Å². The van der Waals surface area contributed by atoms with E-state index in [1.807, 2.05) is 0 Å². The molecule has 0 atom stereocenters. The maximum atomic E-state index is 10.1. The summed E-state index contributed by atoms with van der Waals surface area (Å²) in [6.45, 7) is 0.102. The van der Waals surface area contributed by atoms with Gasteiger partial charge in [-0.3, -0.25) is 4.57 Å². The normalized spacial score (nSPS) is 11.9. The molecule has 4 N–H and O–H groups in total. The molecule has 56 valence electrons. The molecule has 5 nitrogen and oxygen atoms in total. The van der Waals surface area contributed by atoms with Crippen molar-refractivity contribution >= 4 is 7.60 Å². The Hall–Kier alpha value is 0.0700. The number of hydrogen-bond donors (Lipinski definition) is 4. The molecule has 0 radical (unpaired) electrons. The van der Waals surface area contributed by atoms with Gasteiger partial charge in [-0.1, -0.05) is 0 Å². The van der Waals surface area contributed by atoms with Crippen molar-refractivity contribution in [3.05, 3.63) is 0 Å². The summed E-state index contributed by atoms with van der Waals surface area (Å²) in [4.78, 5) is 16.4. The molecule has 0 aromatic carbocycles. The summed E-state index contributed by atoms with van der Waals surface area (Å²) in [5.74, 6) is 0. The lowest BCUT2D eigenvalue weighted by Crippen LogP contribution is -2.19. The van der Waals surface area contributed by atoms with Crippen LogP contribution in [0.1, 0.15) is 0 Å². The third-order valence-electron chi connectivity index (χ3n) is 0.606. The molecule has 0 fully saturated rings. The van der Waals surface area contributed by atoms with Crippen LogP contribution in [0.4, 0.5) is 0 Å². The van der Waals surface area contributed by atoms with Crippen LogP contribution in [0.5, 0.6) is 0 Å². The minimum absolute atomic E-state index is 0.111. The Morgan fingerprint density at radius 3 is 2.33 bits per heavy atom. The first-order valence-corrected chi connectivity index (χ1v) is 4.22. The third-order valence-corrected chi connectivity index (χ3v) is 1.24. The standard InChI is InChI=1S/C3H10NO4P/c5-2-1-4-3-9(6,7)8/h4-5H,1-3H2,(H2,6,7,8). The van der Waals surface area contributed by atoms with Gasteiger partial charge in [0.15, 0.2) is 0 Å². The first kappa shape index (κ1) is 9.07. The lowest BCUT2D eigenvalue weighted by atomic mass is 10.7. The second-order valence-corrected chi connectivity index (χ2v) is 3.19. The van der Waals surface area contributed by atoms with E-state index in [2.05, 4.69) is 5.32 Å². The highest BCUT2D eigenvalue weighted by atomic mass is 31.2. The van der Waals surface area contributed by atoms with Crippen molar-refractivity contribution in [3.8, 4) is 0 Å². The van der Waals surface area contributed by atoms with Gasteiger partial charge in [0.25, 0.3) is 0 Å². The van der Waals surface area contributed by atoms with E-state index in [0.717, 1.165) is 0 Å². The van der Waals surface area contributed by atoms with E-state index in [1.54, 1.807) is 0 Å². The predicted molar refractivity (Wildman–Crippen MR) is 32.0 cm³/mol. The summed E-state index contributed by atoms with van der Waals surface area (Å²) in [5, 5.41) is 10.5. The fraction of sp³-hybridized carbons (Fsp3) is 1.00. The number of hydrogen-bond acceptors (Lipinski definition) is 3. The summed E-state index contributed by atoms with van der Waals surface area (Å²) in [6.07, 6.45) is -0.367. The van der Waals surface area contributed by atoms with Crippen LogP contribution in [0, 0.1) is 0 Å². The van der Waals surface area contributed by atoms with Crippen molar-refractivity contribution in [1.29, 1.82) is 0 Å². The Balaban J connectivity index is 3.18. The highest BCUT2D eigenvalue weighted by molar-refractivity contribution is 7.51. The van der Waals surface area contributed by atoms with Crippen LogP contribution >= 0.6 is 7.60 Å². The lowest BCUT2D eigenvalue weighted by Gasteiger charge is -2.02. The maximum Gasteiger partial charge on any atom is 0.339 e. The van der Waals surface area contributed by atoms with E-state index < -0.39 is 7.60 Å². The van der Waals surface area contributed by atoms with Gasteiger partial charge in [-0.15, -0.1) is 0 Å². The monoisotopic (exact) mass is 155 g/mol. The van der Waals surface area contributed by atoms with Crippen molar-refractivity contribution in [2.45, 2.75) is 0 Å². The molecule has 0 unspecified atom stereocenters. The van der Waals surface area contributed by atoms with E-state index >= 15 is 0 Å². The largest absolute Gasteiger partial charge is 0.395 e. The van der Waals surface area contributed by atoms with Gasteiger partial charge in [-0.25, -0.2) is 0 Å². The van der Waals surface area contributed by atoms with Gasteiger partial charge in [0, 0.05) is 6.54 Å². The van der Waals surface area contributed by atoms with Crippen LogP contribution in [-0.2, 0) is 4.57 Å². The Kier molecular flexibility index (Phi) is 4.01. The zero-order chi connectivity index (χ0) is 7.33. The molecule has 0 aliphatic rings. The molecule has 0 rings (SSSR count). The smallest absolute Gasteiger partial charge is 0.339 e. The molecule has 0 bridgehead atoms. The Morgan fingerprint density at radius 2 is 2.00 bits per heavy atom. The van der Waals surface area contributed by atoms with Crippen LogP contribution in [-0.4, -0.2) is 34.3 Å². The molecule has 6 heteroatoms. The Labute approximate surface area is 52.9 Å².